The minimum Gasteiger partial charge on any atom is -0.398 e. The lowest BCUT2D eigenvalue weighted by molar-refractivity contribution is -0.114. The van der Waals surface area contributed by atoms with Gasteiger partial charge >= 0.3 is 0 Å². The molecule has 0 radical (unpaired) electrons. The van der Waals surface area contributed by atoms with Crippen molar-refractivity contribution in [1.29, 1.82) is 0 Å². The molecule has 0 aliphatic carbocycles. The van der Waals surface area contributed by atoms with E-state index in [-0.39, 0.29) is 11.5 Å². The monoisotopic (exact) mass is 335 g/mol. The van der Waals surface area contributed by atoms with Gasteiger partial charge in [-0.25, -0.2) is 10.1 Å². The van der Waals surface area contributed by atoms with Crippen LogP contribution in [0, 0.1) is 0 Å². The Hall–Kier alpha value is -3.48. The van der Waals surface area contributed by atoms with Gasteiger partial charge in [0.2, 0.25) is 5.91 Å². The van der Waals surface area contributed by atoms with Crippen molar-refractivity contribution in [2.24, 2.45) is 0 Å². The lowest BCUT2D eigenvalue weighted by atomic mass is 10.1. The largest absolute Gasteiger partial charge is 0.398 e. The number of amides is 1. The van der Waals surface area contributed by atoms with Crippen LogP contribution in [0.3, 0.4) is 0 Å². The number of aromatic amines is 1. The van der Waals surface area contributed by atoms with E-state index in [0.29, 0.717) is 29.3 Å². The minimum absolute atomic E-state index is 0.143. The quantitative estimate of drug-likeness (QED) is 0.631. The topological polar surface area (TPSA) is 114 Å². The molecular weight excluding hydrogens is 318 g/mol. The average molecular weight is 335 g/mol. The zero-order valence-electron chi connectivity index (χ0n) is 13.6. The van der Waals surface area contributed by atoms with Crippen LogP contribution in [0.15, 0.2) is 53.3 Å². The van der Waals surface area contributed by atoms with E-state index in [9.17, 15) is 9.59 Å². The summed E-state index contributed by atoms with van der Waals surface area (Å²) in [5, 5.41) is 9.16. The molecule has 0 spiro atoms. The highest BCUT2D eigenvalue weighted by atomic mass is 16.1. The van der Waals surface area contributed by atoms with Crippen LogP contribution in [0.25, 0.3) is 11.4 Å². The van der Waals surface area contributed by atoms with Crippen molar-refractivity contribution in [2.45, 2.75) is 13.3 Å². The predicted octanol–water partition coefficient (Wildman–Crippen LogP) is 1.96. The first-order valence-electron chi connectivity index (χ1n) is 7.70. The fourth-order valence-electron chi connectivity index (χ4n) is 2.40. The predicted molar refractivity (Wildman–Crippen MR) is 96.1 cm³/mol. The summed E-state index contributed by atoms with van der Waals surface area (Å²) in [6.45, 7) is 1.44. The molecular formula is C18H17N5O2. The highest BCUT2D eigenvalue weighted by molar-refractivity contribution is 5.88. The molecule has 3 aromatic rings. The first-order chi connectivity index (χ1) is 12.0. The summed E-state index contributed by atoms with van der Waals surface area (Å²) >= 11 is 0. The number of hydrogen-bond acceptors (Lipinski definition) is 5. The van der Waals surface area contributed by atoms with E-state index >= 15 is 0 Å². The molecule has 0 aliphatic rings. The summed E-state index contributed by atoms with van der Waals surface area (Å²) in [7, 11) is 0. The zero-order valence-corrected chi connectivity index (χ0v) is 13.6. The Balaban J connectivity index is 1.90. The first-order valence-corrected chi connectivity index (χ1v) is 7.70. The summed E-state index contributed by atoms with van der Waals surface area (Å²) in [4.78, 5) is 27.5. The fraction of sp³-hybridized carbons (Fsp3) is 0.111. The van der Waals surface area contributed by atoms with Gasteiger partial charge in [0, 0.05) is 30.3 Å². The van der Waals surface area contributed by atoms with Crippen molar-refractivity contribution >= 4 is 17.3 Å². The molecule has 0 saturated carbocycles. The Labute approximate surface area is 143 Å². The number of nitrogens with two attached hydrogens (primary N) is 1. The maximum atomic E-state index is 12.0. The van der Waals surface area contributed by atoms with Crippen LogP contribution in [-0.4, -0.2) is 21.1 Å². The van der Waals surface area contributed by atoms with Gasteiger partial charge in [-0.15, -0.1) is 0 Å². The Morgan fingerprint density at radius 3 is 2.56 bits per heavy atom. The smallest absolute Gasteiger partial charge is 0.286 e. The standard InChI is InChI=1S/C18H17N5O2/c1-11(24)20-14-8-6-12(7-9-14)17-21-16(18(25)23-22-17)10-13-4-2-3-5-15(13)19/h2-9H,10,19H2,1H3,(H,20,24)(H,23,25). The first kappa shape index (κ1) is 16.4. The van der Waals surface area contributed by atoms with Crippen LogP contribution in [0.1, 0.15) is 18.2 Å². The van der Waals surface area contributed by atoms with Crippen LogP contribution in [0.4, 0.5) is 11.4 Å². The van der Waals surface area contributed by atoms with Gasteiger partial charge in [-0.05, 0) is 35.9 Å². The van der Waals surface area contributed by atoms with E-state index in [2.05, 4.69) is 20.5 Å². The van der Waals surface area contributed by atoms with Gasteiger partial charge in [-0.1, -0.05) is 18.2 Å². The van der Waals surface area contributed by atoms with Crippen molar-refractivity contribution in [3.63, 3.8) is 0 Å². The van der Waals surface area contributed by atoms with Crippen molar-refractivity contribution in [3.05, 3.63) is 70.1 Å². The fourth-order valence-corrected chi connectivity index (χ4v) is 2.40. The number of anilines is 2. The normalized spacial score (nSPS) is 10.4. The summed E-state index contributed by atoms with van der Waals surface area (Å²) in [5.74, 6) is 0.259. The molecule has 1 aromatic heterocycles. The van der Waals surface area contributed by atoms with Gasteiger partial charge in [-0.3, -0.25) is 9.59 Å². The van der Waals surface area contributed by atoms with Gasteiger partial charge in [0.1, 0.15) is 5.69 Å². The molecule has 0 aliphatic heterocycles. The highest BCUT2D eigenvalue weighted by Gasteiger charge is 2.10. The van der Waals surface area contributed by atoms with Crippen LogP contribution in [-0.2, 0) is 11.2 Å². The van der Waals surface area contributed by atoms with E-state index < -0.39 is 0 Å². The van der Waals surface area contributed by atoms with Crippen LogP contribution in [0.2, 0.25) is 0 Å². The van der Waals surface area contributed by atoms with Gasteiger partial charge in [-0.2, -0.15) is 5.10 Å². The number of nitrogens with one attached hydrogen (secondary N) is 2. The lowest BCUT2D eigenvalue weighted by Crippen LogP contribution is -2.18. The lowest BCUT2D eigenvalue weighted by Gasteiger charge is -2.06. The van der Waals surface area contributed by atoms with Gasteiger partial charge in [0.05, 0.1) is 0 Å². The average Bonchev–Trinajstić information content (AvgIpc) is 2.59. The molecule has 25 heavy (non-hydrogen) atoms. The molecule has 7 heteroatoms. The second kappa shape index (κ2) is 6.96. The number of nitrogens with zero attached hydrogens (tertiary/aromatic N) is 2. The number of benzene rings is 2. The van der Waals surface area contributed by atoms with Crippen LogP contribution in [0.5, 0.6) is 0 Å². The van der Waals surface area contributed by atoms with E-state index in [1.54, 1.807) is 30.3 Å². The molecule has 1 heterocycles. The number of carbonyl (C=O) groups is 1. The SMILES string of the molecule is CC(=O)Nc1ccc(-c2n[nH]c(=O)c(Cc3ccccc3N)n2)cc1. The molecule has 0 atom stereocenters. The van der Waals surface area contributed by atoms with E-state index in [4.69, 9.17) is 5.73 Å². The second-order valence-electron chi connectivity index (χ2n) is 5.57. The highest BCUT2D eigenvalue weighted by Crippen LogP contribution is 2.18. The van der Waals surface area contributed by atoms with E-state index in [1.165, 1.54) is 6.92 Å². The molecule has 2 aromatic carbocycles. The van der Waals surface area contributed by atoms with Crippen molar-refractivity contribution in [3.8, 4) is 11.4 Å². The molecule has 7 nitrogen and oxygen atoms in total. The zero-order chi connectivity index (χ0) is 17.8. The summed E-state index contributed by atoms with van der Waals surface area (Å²) in [6, 6.07) is 14.4. The Morgan fingerprint density at radius 2 is 1.88 bits per heavy atom. The number of nitrogen functional groups attached to an aromatic ring is 1. The molecule has 0 fully saturated rings. The van der Waals surface area contributed by atoms with Crippen molar-refractivity contribution in [1.82, 2.24) is 15.2 Å². The maximum absolute atomic E-state index is 12.0. The summed E-state index contributed by atoms with van der Waals surface area (Å²) in [6.07, 6.45) is 0.321. The van der Waals surface area contributed by atoms with E-state index in [1.807, 2.05) is 18.2 Å². The molecule has 0 unspecified atom stereocenters. The molecule has 3 rings (SSSR count). The molecule has 4 N–H and O–H groups in total. The van der Waals surface area contributed by atoms with Crippen LogP contribution >= 0.6 is 0 Å². The van der Waals surface area contributed by atoms with Gasteiger partial charge in [0.25, 0.3) is 5.56 Å². The van der Waals surface area contributed by atoms with Crippen LogP contribution < -0.4 is 16.6 Å². The number of aromatic nitrogens is 3. The third-order valence-electron chi connectivity index (χ3n) is 3.64. The van der Waals surface area contributed by atoms with Crippen molar-refractivity contribution in [2.75, 3.05) is 11.1 Å². The van der Waals surface area contributed by atoms with Crippen molar-refractivity contribution < 1.29 is 4.79 Å². The van der Waals surface area contributed by atoms with Gasteiger partial charge < -0.3 is 11.1 Å². The molecule has 126 valence electrons. The summed E-state index contributed by atoms with van der Waals surface area (Å²) in [5.41, 5.74) is 8.78. The third kappa shape index (κ3) is 3.89. The Bertz CT molecular complexity index is 964. The Kier molecular flexibility index (Phi) is 4.56. The number of para-hydroxylation sites is 1. The van der Waals surface area contributed by atoms with Gasteiger partial charge in [0.15, 0.2) is 5.82 Å². The summed E-state index contributed by atoms with van der Waals surface area (Å²) < 4.78 is 0. The Morgan fingerprint density at radius 1 is 1.16 bits per heavy atom. The minimum atomic E-state index is -0.345. The molecule has 0 saturated heterocycles. The molecule has 0 bridgehead atoms. The number of rotatable bonds is 4. The number of hydrogen-bond donors (Lipinski definition) is 3. The number of H-pyrrole nitrogens is 1. The third-order valence-corrected chi connectivity index (χ3v) is 3.64. The second-order valence-corrected chi connectivity index (χ2v) is 5.57. The number of carbonyl (C=O) groups excluding carboxylic acids is 1. The molecule has 1 amide bonds. The maximum Gasteiger partial charge on any atom is 0.286 e. The van der Waals surface area contributed by atoms with E-state index in [0.717, 1.165) is 11.1 Å².